The molecule has 67 heavy (non-hydrogen) atoms. The maximum Gasteiger partial charge on any atom is 0.306 e. The van der Waals surface area contributed by atoms with Crippen LogP contribution in [0.3, 0.4) is 0 Å². The average Bonchev–Trinajstić information content (AvgIpc) is 3.31. The highest BCUT2D eigenvalue weighted by molar-refractivity contribution is 5.71. The molecule has 0 saturated carbocycles. The van der Waals surface area contributed by atoms with Gasteiger partial charge in [-0.25, -0.2) is 0 Å². The lowest BCUT2D eigenvalue weighted by molar-refractivity contribution is -0.167. The minimum Gasteiger partial charge on any atom is -0.462 e. The first-order chi connectivity index (χ1) is 32.7. The van der Waals surface area contributed by atoms with E-state index in [0.29, 0.717) is 19.3 Å². The Hall–Kier alpha value is -1.59. The third-order valence-electron chi connectivity index (χ3n) is 14.6. The minimum absolute atomic E-state index is 0.0637. The molecule has 0 aliphatic heterocycles. The van der Waals surface area contributed by atoms with Crippen LogP contribution in [-0.2, 0) is 28.6 Å². The molecule has 0 aromatic heterocycles. The molecule has 0 amide bonds. The summed E-state index contributed by atoms with van der Waals surface area (Å²) in [7, 11) is 0. The van der Waals surface area contributed by atoms with E-state index < -0.39 is 6.10 Å². The lowest BCUT2D eigenvalue weighted by Gasteiger charge is -2.18. The van der Waals surface area contributed by atoms with E-state index in [1.54, 1.807) is 0 Å². The minimum atomic E-state index is -0.764. The van der Waals surface area contributed by atoms with Gasteiger partial charge in [-0.15, -0.1) is 0 Å². The van der Waals surface area contributed by atoms with Crippen molar-refractivity contribution in [1.29, 1.82) is 0 Å². The molecule has 6 nitrogen and oxygen atoms in total. The summed E-state index contributed by atoms with van der Waals surface area (Å²) in [6.45, 7) is 13.8. The zero-order valence-electron chi connectivity index (χ0n) is 46.2. The van der Waals surface area contributed by atoms with Crippen LogP contribution in [0.15, 0.2) is 0 Å². The molecule has 0 heterocycles. The Kier molecular flexibility index (Phi) is 51.0. The molecule has 0 aliphatic rings. The summed E-state index contributed by atoms with van der Waals surface area (Å²) >= 11 is 0. The third kappa shape index (κ3) is 52.1. The Bertz CT molecular complexity index is 1040. The van der Waals surface area contributed by atoms with Gasteiger partial charge in [0.25, 0.3) is 0 Å². The molecule has 6 heteroatoms. The number of ether oxygens (including phenoxy) is 3. The van der Waals surface area contributed by atoms with Crippen molar-refractivity contribution in [2.45, 2.75) is 343 Å². The molecule has 0 spiro atoms. The quantitative estimate of drug-likeness (QED) is 0.0343. The van der Waals surface area contributed by atoms with Gasteiger partial charge in [-0.2, -0.15) is 0 Å². The number of carbonyl (C=O) groups excluding carboxylic acids is 3. The van der Waals surface area contributed by atoms with Crippen LogP contribution >= 0.6 is 0 Å². The fraction of sp³-hybridized carbons (Fsp3) is 0.951. The summed E-state index contributed by atoms with van der Waals surface area (Å²) in [6, 6.07) is 0. The normalized spacial score (nSPS) is 12.9. The van der Waals surface area contributed by atoms with Crippen LogP contribution in [-0.4, -0.2) is 37.2 Å². The monoisotopic (exact) mass is 947 g/mol. The molecular weight excluding hydrogens is 829 g/mol. The Balaban J connectivity index is 4.25. The molecule has 0 bridgehead atoms. The van der Waals surface area contributed by atoms with Gasteiger partial charge < -0.3 is 14.2 Å². The largest absolute Gasteiger partial charge is 0.462 e. The first kappa shape index (κ1) is 65.4. The van der Waals surface area contributed by atoms with Crippen molar-refractivity contribution < 1.29 is 28.6 Å². The number of unbranched alkanes of at least 4 members (excludes halogenated alkanes) is 35. The number of carbonyl (C=O) groups is 3. The Morgan fingerprint density at radius 2 is 0.522 bits per heavy atom. The number of hydrogen-bond donors (Lipinski definition) is 0. The van der Waals surface area contributed by atoms with Crippen molar-refractivity contribution >= 4 is 17.9 Å². The maximum absolute atomic E-state index is 12.9. The smallest absolute Gasteiger partial charge is 0.306 e. The molecule has 0 fully saturated rings. The maximum atomic E-state index is 12.9. The molecule has 0 radical (unpaired) electrons. The molecule has 2 unspecified atom stereocenters. The molecule has 0 aromatic carbocycles. The first-order valence-corrected chi connectivity index (χ1v) is 30.2. The van der Waals surface area contributed by atoms with Crippen LogP contribution in [0.2, 0.25) is 0 Å². The molecule has 3 atom stereocenters. The predicted molar refractivity (Wildman–Crippen MR) is 289 cm³/mol. The molecule has 0 rings (SSSR count). The molecular formula is C61H118O6. The van der Waals surface area contributed by atoms with Crippen LogP contribution in [0, 0.1) is 17.8 Å². The van der Waals surface area contributed by atoms with E-state index in [2.05, 4.69) is 41.5 Å². The van der Waals surface area contributed by atoms with E-state index in [-0.39, 0.29) is 31.1 Å². The molecule has 0 aliphatic carbocycles. The van der Waals surface area contributed by atoms with E-state index in [1.807, 2.05) is 0 Å². The summed E-state index contributed by atoms with van der Waals surface area (Å²) in [5.41, 5.74) is 0. The fourth-order valence-electron chi connectivity index (χ4n) is 9.29. The van der Waals surface area contributed by atoms with Gasteiger partial charge in [0.2, 0.25) is 0 Å². The summed E-state index contributed by atoms with van der Waals surface area (Å²) in [5.74, 6) is 1.75. The highest BCUT2D eigenvalue weighted by Gasteiger charge is 2.19. The van der Waals surface area contributed by atoms with Crippen LogP contribution in [0.1, 0.15) is 337 Å². The Morgan fingerprint density at radius 1 is 0.299 bits per heavy atom. The highest BCUT2D eigenvalue weighted by atomic mass is 16.6. The zero-order chi connectivity index (χ0) is 49.1. The lowest BCUT2D eigenvalue weighted by Crippen LogP contribution is -2.30. The van der Waals surface area contributed by atoms with Crippen LogP contribution < -0.4 is 0 Å². The number of rotatable bonds is 54. The van der Waals surface area contributed by atoms with Crippen molar-refractivity contribution in [3.63, 3.8) is 0 Å². The highest BCUT2D eigenvalue weighted by Crippen LogP contribution is 2.19. The molecule has 398 valence electrons. The summed E-state index contributed by atoms with van der Waals surface area (Å²) in [5, 5.41) is 0. The van der Waals surface area contributed by atoms with Gasteiger partial charge in [-0.1, -0.05) is 298 Å². The lowest BCUT2D eigenvalue weighted by atomic mass is 9.99. The standard InChI is InChI=1S/C61H118O6/c1-7-56(5)48-42-36-30-24-20-15-13-11-9-10-12-14-16-22-26-34-40-46-52-61(64)67-58(54-66-60(63)51-45-39-33-28-27-31-37-43-49-57(6)8-2)53-65-59(62)50-44-38-32-25-21-18-17-19-23-29-35-41-47-55(3)4/h55-58H,7-54H2,1-6H3/t56?,57?,58-/m1/s1. The van der Waals surface area contributed by atoms with Crippen molar-refractivity contribution in [3.05, 3.63) is 0 Å². The van der Waals surface area contributed by atoms with E-state index >= 15 is 0 Å². The van der Waals surface area contributed by atoms with Crippen LogP contribution in [0.4, 0.5) is 0 Å². The van der Waals surface area contributed by atoms with Crippen molar-refractivity contribution in [2.75, 3.05) is 13.2 Å². The Morgan fingerprint density at radius 3 is 0.776 bits per heavy atom. The van der Waals surface area contributed by atoms with Gasteiger partial charge in [-0.3, -0.25) is 14.4 Å². The second-order valence-electron chi connectivity index (χ2n) is 21.9. The zero-order valence-corrected chi connectivity index (χ0v) is 46.2. The van der Waals surface area contributed by atoms with E-state index in [1.165, 1.54) is 218 Å². The molecule has 0 saturated heterocycles. The van der Waals surface area contributed by atoms with Crippen LogP contribution in [0.5, 0.6) is 0 Å². The second kappa shape index (κ2) is 52.2. The molecule has 0 N–H and O–H groups in total. The van der Waals surface area contributed by atoms with Gasteiger partial charge in [0.15, 0.2) is 6.10 Å². The second-order valence-corrected chi connectivity index (χ2v) is 21.9. The Labute approximate surface area is 418 Å². The number of esters is 3. The summed E-state index contributed by atoms with van der Waals surface area (Å²) in [6.07, 6.45) is 55.2. The van der Waals surface area contributed by atoms with Crippen molar-refractivity contribution in [2.24, 2.45) is 17.8 Å². The van der Waals surface area contributed by atoms with E-state index in [9.17, 15) is 14.4 Å². The van der Waals surface area contributed by atoms with Gasteiger partial charge in [0.05, 0.1) is 0 Å². The van der Waals surface area contributed by atoms with E-state index in [4.69, 9.17) is 14.2 Å². The third-order valence-corrected chi connectivity index (χ3v) is 14.6. The predicted octanol–water partition coefficient (Wildman–Crippen LogP) is 19.9. The summed E-state index contributed by atoms with van der Waals surface area (Å²) < 4.78 is 16.9. The van der Waals surface area contributed by atoms with Crippen molar-refractivity contribution in [3.8, 4) is 0 Å². The van der Waals surface area contributed by atoms with Gasteiger partial charge in [0.1, 0.15) is 13.2 Å². The van der Waals surface area contributed by atoms with Crippen molar-refractivity contribution in [1.82, 2.24) is 0 Å². The SMILES string of the molecule is CCC(C)CCCCCCCCCCCCCCCCCCCCC(=O)O[C@H](COC(=O)CCCCCCCCCCCCCCC(C)C)COC(=O)CCCCCCCCCCC(C)CC. The van der Waals surface area contributed by atoms with Crippen LogP contribution in [0.25, 0.3) is 0 Å². The topological polar surface area (TPSA) is 78.9 Å². The van der Waals surface area contributed by atoms with Gasteiger partial charge in [0, 0.05) is 19.3 Å². The average molecular weight is 948 g/mol. The van der Waals surface area contributed by atoms with E-state index in [0.717, 1.165) is 75.5 Å². The first-order valence-electron chi connectivity index (χ1n) is 30.2. The summed E-state index contributed by atoms with van der Waals surface area (Å²) in [4.78, 5) is 38.2. The van der Waals surface area contributed by atoms with Gasteiger partial charge in [-0.05, 0) is 37.0 Å². The molecule has 0 aromatic rings. The van der Waals surface area contributed by atoms with Gasteiger partial charge >= 0.3 is 17.9 Å². The number of hydrogen-bond acceptors (Lipinski definition) is 6. The fourth-order valence-corrected chi connectivity index (χ4v) is 9.29.